The van der Waals surface area contributed by atoms with Crippen LogP contribution >= 0.6 is 0 Å². The van der Waals surface area contributed by atoms with Crippen molar-refractivity contribution in [1.29, 1.82) is 0 Å². The quantitative estimate of drug-likeness (QED) is 0.0432. The summed E-state index contributed by atoms with van der Waals surface area (Å²) in [6.07, 6.45) is 15.4. The lowest BCUT2D eigenvalue weighted by molar-refractivity contribution is -0.438. The highest BCUT2D eigenvalue weighted by atomic mass is 32.2. The molecule has 4 N–H and O–H groups in total. The van der Waals surface area contributed by atoms with Gasteiger partial charge in [-0.3, -0.25) is 18.2 Å². The van der Waals surface area contributed by atoms with Gasteiger partial charge in [0.05, 0.1) is 33.3 Å². The first kappa shape index (κ1) is 49.8. The van der Waals surface area contributed by atoms with E-state index in [1.807, 2.05) is 29.4 Å². The highest BCUT2D eigenvalue weighted by molar-refractivity contribution is 7.86. The summed E-state index contributed by atoms with van der Waals surface area (Å²) in [5.74, 6) is -0.957. The Bertz CT molecular complexity index is 2580. The molecule has 0 saturated heterocycles. The number of carbonyl (C=O) groups is 1. The van der Waals surface area contributed by atoms with Crippen LogP contribution < -0.4 is 4.90 Å². The molecular formula is C41H55N2O14S4+. The normalized spacial score (nSPS) is 20.5. The van der Waals surface area contributed by atoms with Gasteiger partial charge in [-0.25, -0.2) is 0 Å². The Kier molecular flexibility index (Phi) is 16.4. The number of anilines is 1. The average Bonchev–Trinajstić information content (AvgIpc) is 3.51. The largest absolute Gasteiger partial charge is 0.383 e. The molecule has 2 aromatic rings. The molecule has 61 heavy (non-hydrogen) atoms. The van der Waals surface area contributed by atoms with E-state index in [1.54, 1.807) is 48.6 Å². The molecule has 0 saturated carbocycles. The molecule has 16 nitrogen and oxygen atoms in total. The molecule has 20 heteroatoms. The molecule has 2 aliphatic rings. The van der Waals surface area contributed by atoms with Crippen molar-refractivity contribution in [2.24, 2.45) is 0 Å². The fraction of sp³-hybridized carbons (Fsp3) is 0.463. The van der Waals surface area contributed by atoms with Crippen molar-refractivity contribution >= 4 is 63.3 Å². The number of nitrogens with zero attached hydrogens (tertiary/aromatic N) is 2. The molecule has 4 rings (SSSR count). The minimum Gasteiger partial charge on any atom is -0.383 e. The van der Waals surface area contributed by atoms with E-state index in [1.165, 1.54) is 38.3 Å². The number of benzene rings is 2. The Morgan fingerprint density at radius 2 is 1.28 bits per heavy atom. The molecule has 2 atom stereocenters. The lowest BCUT2D eigenvalue weighted by atomic mass is 9.76. The number of fused-ring (bicyclic) bond motifs is 2. The zero-order valence-electron chi connectivity index (χ0n) is 34.6. The second-order valence-electron chi connectivity index (χ2n) is 15.6. The minimum absolute atomic E-state index is 0.0404. The first-order chi connectivity index (χ1) is 28.3. The van der Waals surface area contributed by atoms with Crippen LogP contribution in [-0.4, -0.2) is 106 Å². The molecule has 0 aromatic heterocycles. The van der Waals surface area contributed by atoms with Gasteiger partial charge < -0.3 is 14.4 Å². The number of unbranched alkanes of at least 4 members (excludes halogenated alkanes) is 2. The first-order valence-electron chi connectivity index (χ1n) is 19.6. The van der Waals surface area contributed by atoms with Gasteiger partial charge >= 0.3 is 0 Å². The molecule has 2 aromatic carbocycles. The van der Waals surface area contributed by atoms with E-state index >= 15 is 0 Å². The number of Topliss-reactive ketones (excluding diaryl/α,β-unsaturated/α-hetero) is 1. The summed E-state index contributed by atoms with van der Waals surface area (Å²) in [7, 11) is -16.2. The Balaban J connectivity index is 1.73. The second-order valence-corrected chi connectivity index (χ2v) is 21.6. The van der Waals surface area contributed by atoms with Gasteiger partial charge in [-0.15, -0.1) is 0 Å². The summed E-state index contributed by atoms with van der Waals surface area (Å²) in [6.45, 7) is 6.32. The third-order valence-corrected chi connectivity index (χ3v) is 14.4. The number of ketones is 1. The fourth-order valence-electron chi connectivity index (χ4n) is 8.10. The summed E-state index contributed by atoms with van der Waals surface area (Å²) in [6, 6.07) is 8.49. The van der Waals surface area contributed by atoms with Crippen LogP contribution in [0.4, 0.5) is 11.4 Å². The number of allylic oxidation sites excluding steroid dienone is 8. The maximum absolute atomic E-state index is 12.2. The summed E-state index contributed by atoms with van der Waals surface area (Å²) in [5.41, 5.74) is 1.88. The zero-order valence-corrected chi connectivity index (χ0v) is 37.9. The van der Waals surface area contributed by atoms with Crippen LogP contribution in [0.2, 0.25) is 0 Å². The topological polar surface area (TPSA) is 250 Å². The van der Waals surface area contributed by atoms with Crippen molar-refractivity contribution in [1.82, 2.24) is 0 Å². The maximum Gasteiger partial charge on any atom is 0.294 e. The van der Waals surface area contributed by atoms with E-state index in [0.29, 0.717) is 60.6 Å². The smallest absolute Gasteiger partial charge is 0.294 e. The molecule has 0 radical (unpaired) electrons. The van der Waals surface area contributed by atoms with Gasteiger partial charge in [0.25, 0.3) is 40.5 Å². The van der Waals surface area contributed by atoms with Crippen LogP contribution in [0, 0.1) is 0 Å². The van der Waals surface area contributed by atoms with Crippen LogP contribution in [0.15, 0.2) is 94.4 Å². The highest BCUT2D eigenvalue weighted by Gasteiger charge is 2.48. The Morgan fingerprint density at radius 3 is 1.85 bits per heavy atom. The van der Waals surface area contributed by atoms with Crippen molar-refractivity contribution in [2.45, 2.75) is 92.8 Å². The number of rotatable bonds is 23. The zero-order chi connectivity index (χ0) is 45.4. The maximum atomic E-state index is 12.2. The van der Waals surface area contributed by atoms with E-state index in [0.717, 1.165) is 12.1 Å². The lowest BCUT2D eigenvalue weighted by Gasteiger charge is -2.30. The van der Waals surface area contributed by atoms with E-state index < -0.39 is 62.8 Å². The first-order valence-corrected chi connectivity index (χ1v) is 25.7. The summed E-state index contributed by atoms with van der Waals surface area (Å²) in [5, 5.41) is 0. The molecule has 0 fully saturated rings. The summed E-state index contributed by atoms with van der Waals surface area (Å²) in [4.78, 5) is 12.8. The third kappa shape index (κ3) is 13.1. The monoisotopic (exact) mass is 927 g/mol. The lowest BCUT2D eigenvalue weighted by Crippen LogP contribution is -2.32. The standard InChI is InChI=1S/C41H54N2O14S4/c1-31(44)15-9-8-12-24-42-36-20-18-32(60(51,52)53)29-34(36)40(2,22-13-27-58(45,46)47)38(42)16-10-6-5-7-11-17-39-41(3,23-14-28-59(48,49)50)35-30-33(61(54,55)56)19-21-37(35)43(39)25-26-57-4/h5-7,10-11,16-21,29-30H,8-9,12-15,22-28H2,1-4H3,(H3-,45,46,47,48,49,50,51,52,53,54,55,56)/p+1. The minimum atomic E-state index is -4.59. The van der Waals surface area contributed by atoms with E-state index in [-0.39, 0.29) is 47.9 Å². The average molecular weight is 928 g/mol. The molecule has 0 aliphatic carbocycles. The van der Waals surface area contributed by atoms with Crippen LogP contribution in [0.3, 0.4) is 0 Å². The van der Waals surface area contributed by atoms with Crippen molar-refractivity contribution in [3.63, 3.8) is 0 Å². The van der Waals surface area contributed by atoms with Crippen molar-refractivity contribution in [3.8, 4) is 0 Å². The van der Waals surface area contributed by atoms with Crippen molar-refractivity contribution < 1.29 is 66.0 Å². The Morgan fingerprint density at radius 1 is 0.721 bits per heavy atom. The van der Waals surface area contributed by atoms with E-state index in [4.69, 9.17) is 4.74 Å². The van der Waals surface area contributed by atoms with Gasteiger partial charge in [0.1, 0.15) is 12.3 Å². The molecule has 0 amide bonds. The third-order valence-electron chi connectivity index (χ3n) is 11.1. The van der Waals surface area contributed by atoms with E-state index in [2.05, 4.69) is 0 Å². The van der Waals surface area contributed by atoms with Gasteiger partial charge in [0, 0.05) is 61.0 Å². The molecule has 336 valence electrons. The SMILES string of the molecule is COCCN1/C(=C/C=C/C=C/C=C/C2=[N+](CCCCCC(C)=O)c3ccc(S(=O)(=O)O)cc3C2(C)CCCS(=O)(=O)O)C(C)(CCCS(=O)(=O)O)c2cc(S(=O)(=O)O)ccc21. The van der Waals surface area contributed by atoms with Crippen molar-refractivity contribution in [3.05, 3.63) is 95.8 Å². The second kappa shape index (κ2) is 20.1. The predicted molar refractivity (Wildman–Crippen MR) is 232 cm³/mol. The van der Waals surface area contributed by atoms with Gasteiger partial charge in [0.2, 0.25) is 5.69 Å². The molecule has 2 aliphatic heterocycles. The van der Waals surface area contributed by atoms with Crippen molar-refractivity contribution in [2.75, 3.05) is 43.2 Å². The number of hydrogen-bond acceptors (Lipinski definition) is 11. The van der Waals surface area contributed by atoms with Gasteiger partial charge in [-0.1, -0.05) is 30.4 Å². The molecule has 0 spiro atoms. The van der Waals surface area contributed by atoms with E-state index in [9.17, 15) is 56.7 Å². The number of carbonyl (C=O) groups excluding carboxylic acids is 1. The van der Waals surface area contributed by atoms with Crippen LogP contribution in [0.1, 0.15) is 83.3 Å². The van der Waals surface area contributed by atoms with Crippen LogP contribution in [0.5, 0.6) is 0 Å². The van der Waals surface area contributed by atoms with Gasteiger partial charge in [-0.2, -0.15) is 38.2 Å². The number of ether oxygens (including phenoxy) is 1. The predicted octanol–water partition coefficient (Wildman–Crippen LogP) is 6.00. The van der Waals surface area contributed by atoms with Gasteiger partial charge in [-0.05, 0) is 101 Å². The van der Waals surface area contributed by atoms with Gasteiger partial charge in [0.15, 0.2) is 5.71 Å². The van der Waals surface area contributed by atoms with Crippen LogP contribution in [0.25, 0.3) is 0 Å². The molecule has 0 bridgehead atoms. The Hall–Kier alpha value is -3.86. The Labute approximate surface area is 359 Å². The fourth-order valence-corrected chi connectivity index (χ4v) is 10.1. The highest BCUT2D eigenvalue weighted by Crippen LogP contribution is 2.51. The number of methoxy groups -OCH3 is 1. The molecular weight excluding hydrogens is 873 g/mol. The van der Waals surface area contributed by atoms with Crippen LogP contribution in [-0.2, 0) is 60.8 Å². The number of hydrogen-bond donors (Lipinski definition) is 4. The molecule has 2 unspecified atom stereocenters. The molecule has 2 heterocycles. The summed E-state index contributed by atoms with van der Waals surface area (Å²) < 4.78 is 141. The summed E-state index contributed by atoms with van der Waals surface area (Å²) >= 11 is 0.